The summed E-state index contributed by atoms with van der Waals surface area (Å²) in [4.78, 5) is 14.7. The first-order chi connectivity index (χ1) is 27.0. The fourth-order valence-electron chi connectivity index (χ4n) is 6.79. The topological polar surface area (TPSA) is 178 Å². The highest BCUT2D eigenvalue weighted by molar-refractivity contribution is 7.47. The lowest BCUT2D eigenvalue weighted by Gasteiger charge is -2.26. The minimum absolute atomic E-state index is 0.0207. The van der Waals surface area contributed by atoms with Crippen LogP contribution in [0, 0.1) is 36.4 Å². The molecule has 0 aliphatic carbocycles. The van der Waals surface area contributed by atoms with E-state index in [4.69, 9.17) is 34.9 Å². The van der Waals surface area contributed by atoms with Crippen molar-refractivity contribution in [3.8, 4) is 18.4 Å². The highest BCUT2D eigenvalue weighted by Crippen LogP contribution is 2.46. The standard InChI is InChI=1S/C41H58FN4O9P/c1-4-6-7-8-9-10-11-12-13-14-15-16-17-18-23-51-27-34(52-26-32-19-20-33(25-43)35(42)24-32)28-53-56(49,50)54-29-37-39(47)40(48)41(5-2,55-37)38-22-21-36-31(3)44-30-45-46(36)38/h2,19-22,24,30,34,37,39-40,47-48H,4,6-18,23,26-29H2,1,3H3,(H,49,50)/t34-,37-,39-,40-,41+/m1/s1. The number of nitriles is 1. The van der Waals surface area contributed by atoms with E-state index in [1.807, 2.05) is 0 Å². The van der Waals surface area contributed by atoms with Crippen LogP contribution in [-0.2, 0) is 40.0 Å². The minimum atomic E-state index is -4.77. The summed E-state index contributed by atoms with van der Waals surface area (Å²) in [6.45, 7) is 3.33. The van der Waals surface area contributed by atoms with Gasteiger partial charge < -0.3 is 29.3 Å². The number of phosphoric ester groups is 1. The lowest BCUT2D eigenvalue weighted by Crippen LogP contribution is -2.41. The summed E-state index contributed by atoms with van der Waals surface area (Å²) < 4.78 is 56.9. The number of hydrogen-bond donors (Lipinski definition) is 3. The maximum Gasteiger partial charge on any atom is 0.472 e. The van der Waals surface area contributed by atoms with Gasteiger partial charge in [-0.25, -0.2) is 18.5 Å². The average Bonchev–Trinajstić information content (AvgIpc) is 3.74. The van der Waals surface area contributed by atoms with E-state index in [1.54, 1.807) is 31.2 Å². The van der Waals surface area contributed by atoms with Crippen molar-refractivity contribution in [1.29, 1.82) is 5.26 Å². The molecule has 4 rings (SSSR count). The van der Waals surface area contributed by atoms with Gasteiger partial charge in [0, 0.05) is 6.61 Å². The number of phosphoric acid groups is 1. The molecule has 1 unspecified atom stereocenters. The number of nitrogens with zero attached hydrogens (tertiary/aromatic N) is 4. The Morgan fingerprint density at radius 3 is 2.29 bits per heavy atom. The van der Waals surface area contributed by atoms with Crippen LogP contribution in [0.4, 0.5) is 4.39 Å². The molecule has 0 bridgehead atoms. The number of unbranched alkanes of at least 4 members (excludes halogenated alkanes) is 13. The van der Waals surface area contributed by atoms with Crippen molar-refractivity contribution in [2.45, 2.75) is 140 Å². The zero-order valence-electron chi connectivity index (χ0n) is 32.7. The monoisotopic (exact) mass is 800 g/mol. The lowest BCUT2D eigenvalue weighted by atomic mass is 9.92. The lowest BCUT2D eigenvalue weighted by molar-refractivity contribution is -0.0681. The zero-order valence-corrected chi connectivity index (χ0v) is 33.6. The van der Waals surface area contributed by atoms with Gasteiger partial charge in [-0.1, -0.05) is 102 Å². The van der Waals surface area contributed by atoms with Crippen molar-refractivity contribution in [3.63, 3.8) is 0 Å². The van der Waals surface area contributed by atoms with Gasteiger partial charge in [-0.2, -0.15) is 10.4 Å². The summed E-state index contributed by atoms with van der Waals surface area (Å²) in [7, 11) is -4.77. The van der Waals surface area contributed by atoms with Gasteiger partial charge in [0.05, 0.1) is 48.9 Å². The summed E-state index contributed by atoms with van der Waals surface area (Å²) in [6.07, 6.45) is 19.1. The molecule has 1 saturated heterocycles. The summed E-state index contributed by atoms with van der Waals surface area (Å²) in [5.41, 5.74) is 0.0141. The molecule has 3 aromatic rings. The molecule has 0 saturated carbocycles. The number of aromatic nitrogens is 3. The second-order valence-corrected chi connectivity index (χ2v) is 15.9. The van der Waals surface area contributed by atoms with E-state index in [0.717, 1.165) is 19.3 Å². The minimum Gasteiger partial charge on any atom is -0.387 e. The molecule has 13 nitrogen and oxygen atoms in total. The summed E-state index contributed by atoms with van der Waals surface area (Å²) in [5.74, 6) is 1.74. The van der Waals surface area contributed by atoms with Gasteiger partial charge >= 0.3 is 7.82 Å². The first-order valence-electron chi connectivity index (χ1n) is 19.9. The molecular formula is C41H58FN4O9P. The molecule has 0 spiro atoms. The molecule has 0 radical (unpaired) electrons. The van der Waals surface area contributed by atoms with E-state index in [-0.39, 0.29) is 24.5 Å². The number of fused-ring (bicyclic) bond motifs is 1. The van der Waals surface area contributed by atoms with Gasteiger partial charge in [-0.3, -0.25) is 9.05 Å². The second-order valence-electron chi connectivity index (χ2n) is 14.4. The highest BCUT2D eigenvalue weighted by Gasteiger charge is 2.56. The van der Waals surface area contributed by atoms with Crippen molar-refractivity contribution in [2.75, 3.05) is 26.4 Å². The Morgan fingerprint density at radius 1 is 1.00 bits per heavy atom. The SMILES string of the molecule is C#C[C@@]1(c2ccc3c(C)ncnn23)O[C@H](COP(=O)(O)OC[C@@H](COCCCCCCCCCCCCCCCC)OCc2ccc(C#N)c(F)c2)[C@@H](O)[C@H]1O. The fourth-order valence-corrected chi connectivity index (χ4v) is 7.56. The molecule has 6 atom stereocenters. The normalized spacial score (nSPS) is 21.2. The van der Waals surface area contributed by atoms with Crippen molar-refractivity contribution in [3.05, 3.63) is 65.0 Å². The predicted octanol–water partition coefficient (Wildman–Crippen LogP) is 7.21. The number of aliphatic hydroxyl groups is 2. The number of halogens is 1. The number of hydrogen-bond acceptors (Lipinski definition) is 11. The summed E-state index contributed by atoms with van der Waals surface area (Å²) in [6, 6.07) is 9.17. The van der Waals surface area contributed by atoms with Crippen LogP contribution < -0.4 is 0 Å². The first-order valence-corrected chi connectivity index (χ1v) is 21.4. The number of benzene rings is 1. The number of aliphatic hydroxyl groups excluding tert-OH is 2. The molecule has 3 heterocycles. The molecule has 0 amide bonds. The van der Waals surface area contributed by atoms with E-state index < -0.39 is 56.9 Å². The smallest absolute Gasteiger partial charge is 0.387 e. The largest absolute Gasteiger partial charge is 0.472 e. The van der Waals surface area contributed by atoms with E-state index in [0.29, 0.717) is 23.4 Å². The van der Waals surface area contributed by atoms with Crippen LogP contribution in [0.1, 0.15) is 119 Å². The Hall–Kier alpha value is -3.27. The third-order valence-corrected chi connectivity index (χ3v) is 11.1. The Morgan fingerprint density at radius 2 is 1.66 bits per heavy atom. The zero-order chi connectivity index (χ0) is 40.4. The molecule has 1 aliphatic rings. The molecular weight excluding hydrogens is 742 g/mol. The van der Waals surface area contributed by atoms with Crippen LogP contribution >= 0.6 is 7.82 Å². The van der Waals surface area contributed by atoms with Crippen LogP contribution in [-0.4, -0.2) is 80.5 Å². The number of ether oxygens (including phenoxy) is 3. The van der Waals surface area contributed by atoms with Gasteiger partial charge in [-0.15, -0.1) is 6.42 Å². The fraction of sp³-hybridized carbons (Fsp3) is 0.634. The van der Waals surface area contributed by atoms with Crippen LogP contribution in [0.3, 0.4) is 0 Å². The molecule has 15 heteroatoms. The molecule has 1 fully saturated rings. The van der Waals surface area contributed by atoms with Gasteiger partial charge in [0.15, 0.2) is 5.60 Å². The van der Waals surface area contributed by atoms with Gasteiger partial charge in [0.2, 0.25) is 0 Å². The molecule has 308 valence electrons. The summed E-state index contributed by atoms with van der Waals surface area (Å²) >= 11 is 0. The second kappa shape index (κ2) is 23.2. The number of rotatable bonds is 27. The van der Waals surface area contributed by atoms with Gasteiger partial charge in [0.1, 0.15) is 42.6 Å². The van der Waals surface area contributed by atoms with E-state index >= 15 is 0 Å². The molecule has 56 heavy (non-hydrogen) atoms. The van der Waals surface area contributed by atoms with E-state index in [9.17, 15) is 24.1 Å². The van der Waals surface area contributed by atoms with Crippen LogP contribution in [0.5, 0.6) is 0 Å². The molecule has 3 N–H and O–H groups in total. The predicted molar refractivity (Wildman–Crippen MR) is 208 cm³/mol. The van der Waals surface area contributed by atoms with Crippen LogP contribution in [0.2, 0.25) is 0 Å². The van der Waals surface area contributed by atoms with Crippen molar-refractivity contribution in [1.82, 2.24) is 14.6 Å². The number of aryl methyl sites for hydroxylation is 1. The number of terminal acetylenes is 1. The third-order valence-electron chi connectivity index (χ3n) is 10.1. The summed E-state index contributed by atoms with van der Waals surface area (Å²) in [5, 5.41) is 35.2. The van der Waals surface area contributed by atoms with E-state index in [2.05, 4.69) is 22.9 Å². The maximum absolute atomic E-state index is 14.2. The molecule has 1 aromatic carbocycles. The van der Waals surface area contributed by atoms with Gasteiger partial charge in [0.25, 0.3) is 0 Å². The first kappa shape index (κ1) is 45.4. The quantitative estimate of drug-likeness (QED) is 0.0402. The molecule has 2 aromatic heterocycles. The van der Waals surface area contributed by atoms with Crippen LogP contribution in [0.15, 0.2) is 36.7 Å². The molecule has 1 aliphatic heterocycles. The Bertz CT molecular complexity index is 1780. The van der Waals surface area contributed by atoms with Gasteiger partial charge in [-0.05, 0) is 43.2 Å². The van der Waals surface area contributed by atoms with Crippen molar-refractivity contribution < 1.29 is 47.3 Å². The third kappa shape index (κ3) is 13.1. The Kier molecular flexibility index (Phi) is 18.8. The van der Waals surface area contributed by atoms with E-state index in [1.165, 1.54) is 93.6 Å². The Balaban J connectivity index is 1.23. The Labute approximate surface area is 330 Å². The highest BCUT2D eigenvalue weighted by atomic mass is 31.2. The average molecular weight is 801 g/mol. The van der Waals surface area contributed by atoms with Crippen molar-refractivity contribution in [2.24, 2.45) is 0 Å². The van der Waals surface area contributed by atoms with Crippen LogP contribution in [0.25, 0.3) is 5.52 Å². The maximum atomic E-state index is 14.2. The van der Waals surface area contributed by atoms with Crippen molar-refractivity contribution >= 4 is 13.3 Å².